The zero-order valence-electron chi connectivity index (χ0n) is 10.2. The Hall–Kier alpha value is -1.47. The summed E-state index contributed by atoms with van der Waals surface area (Å²) in [5.41, 5.74) is -0.0324. The van der Waals surface area contributed by atoms with Crippen molar-refractivity contribution in [3.05, 3.63) is 29.6 Å². The van der Waals surface area contributed by atoms with Crippen LogP contribution in [0.5, 0.6) is 0 Å². The second kappa shape index (κ2) is 5.45. The Morgan fingerprint density at radius 1 is 1.39 bits per heavy atom. The van der Waals surface area contributed by atoms with Gasteiger partial charge in [0, 0.05) is 19.2 Å². The van der Waals surface area contributed by atoms with Gasteiger partial charge in [-0.3, -0.25) is 4.79 Å². The van der Waals surface area contributed by atoms with Gasteiger partial charge in [0.15, 0.2) is 0 Å². The van der Waals surface area contributed by atoms with Gasteiger partial charge in [0.1, 0.15) is 5.82 Å². The minimum absolute atomic E-state index is 0.0324. The highest BCUT2D eigenvalue weighted by molar-refractivity contribution is 7.89. The van der Waals surface area contributed by atoms with Gasteiger partial charge in [-0.1, -0.05) is 6.92 Å². The normalized spacial score (nSPS) is 11.3. The highest BCUT2D eigenvalue weighted by atomic mass is 32.2. The molecule has 1 amide bonds. The predicted octanol–water partition coefficient (Wildman–Crippen LogP) is 0.955. The number of primary sulfonamides is 1. The molecule has 5 nitrogen and oxygen atoms in total. The number of hydrogen-bond acceptors (Lipinski definition) is 3. The van der Waals surface area contributed by atoms with Gasteiger partial charge in [0.25, 0.3) is 5.91 Å². The lowest BCUT2D eigenvalue weighted by molar-refractivity contribution is 0.0794. The zero-order valence-corrected chi connectivity index (χ0v) is 11.0. The first-order valence-corrected chi connectivity index (χ1v) is 6.89. The number of carbonyl (C=O) groups excluding carboxylic acids is 1. The zero-order chi connectivity index (χ0) is 13.9. The van der Waals surface area contributed by atoms with Crippen LogP contribution in [0, 0.1) is 5.82 Å². The van der Waals surface area contributed by atoms with Crippen molar-refractivity contribution in [2.45, 2.75) is 18.2 Å². The molecule has 2 N–H and O–H groups in total. The van der Waals surface area contributed by atoms with Crippen molar-refractivity contribution in [3.63, 3.8) is 0 Å². The third kappa shape index (κ3) is 3.51. The molecule has 0 saturated heterocycles. The number of carbonyl (C=O) groups is 1. The Labute approximate surface area is 105 Å². The highest BCUT2D eigenvalue weighted by Crippen LogP contribution is 2.14. The van der Waals surface area contributed by atoms with Gasteiger partial charge in [-0.15, -0.1) is 0 Å². The van der Waals surface area contributed by atoms with Crippen LogP contribution in [0.1, 0.15) is 23.7 Å². The van der Waals surface area contributed by atoms with Crippen LogP contribution in [0.15, 0.2) is 23.1 Å². The van der Waals surface area contributed by atoms with Gasteiger partial charge in [0.2, 0.25) is 10.0 Å². The van der Waals surface area contributed by atoms with Crippen LogP contribution < -0.4 is 5.14 Å². The number of rotatable bonds is 4. The Morgan fingerprint density at radius 3 is 2.50 bits per heavy atom. The average molecular weight is 274 g/mol. The summed E-state index contributed by atoms with van der Waals surface area (Å²) in [6, 6.07) is 2.85. The minimum Gasteiger partial charge on any atom is -0.342 e. The van der Waals surface area contributed by atoms with E-state index in [1.165, 1.54) is 4.90 Å². The number of benzene rings is 1. The van der Waals surface area contributed by atoms with Gasteiger partial charge in [-0.05, 0) is 24.6 Å². The quantitative estimate of drug-likeness (QED) is 0.887. The molecule has 18 heavy (non-hydrogen) atoms. The maximum Gasteiger partial charge on any atom is 0.253 e. The predicted molar refractivity (Wildman–Crippen MR) is 65.0 cm³/mol. The lowest BCUT2D eigenvalue weighted by Gasteiger charge is -2.16. The van der Waals surface area contributed by atoms with E-state index in [1.54, 1.807) is 7.05 Å². The van der Waals surface area contributed by atoms with Crippen molar-refractivity contribution in [1.29, 1.82) is 0 Å². The van der Waals surface area contributed by atoms with Gasteiger partial charge < -0.3 is 4.90 Å². The van der Waals surface area contributed by atoms with Crippen molar-refractivity contribution in [1.82, 2.24) is 4.90 Å². The number of nitrogens with zero attached hydrogens (tertiary/aromatic N) is 1. The van der Waals surface area contributed by atoms with Crippen molar-refractivity contribution >= 4 is 15.9 Å². The standard InChI is InChI=1S/C11H15FN2O3S/c1-3-4-14(2)11(15)8-5-9(12)7-10(6-8)18(13,16)17/h5-7H,3-4H2,1-2H3,(H2,13,16,17). The first-order valence-electron chi connectivity index (χ1n) is 5.34. The molecule has 0 bridgehead atoms. The van der Waals surface area contributed by atoms with Crippen molar-refractivity contribution in [2.75, 3.05) is 13.6 Å². The van der Waals surface area contributed by atoms with Crippen molar-refractivity contribution in [2.24, 2.45) is 5.14 Å². The summed E-state index contributed by atoms with van der Waals surface area (Å²) in [5, 5.41) is 4.91. The van der Waals surface area contributed by atoms with Crippen LogP contribution in [-0.2, 0) is 10.0 Å². The average Bonchev–Trinajstić information content (AvgIpc) is 2.26. The lowest BCUT2D eigenvalue weighted by atomic mass is 10.2. The topological polar surface area (TPSA) is 80.5 Å². The van der Waals surface area contributed by atoms with Gasteiger partial charge in [-0.25, -0.2) is 17.9 Å². The fourth-order valence-corrected chi connectivity index (χ4v) is 2.08. The molecule has 1 aromatic carbocycles. The minimum atomic E-state index is -4.03. The summed E-state index contributed by atoms with van der Waals surface area (Å²) < 4.78 is 35.6. The Kier molecular flexibility index (Phi) is 4.42. The van der Waals surface area contributed by atoms with Crippen LogP contribution >= 0.6 is 0 Å². The van der Waals surface area contributed by atoms with E-state index in [0.29, 0.717) is 6.54 Å². The molecule has 0 radical (unpaired) electrons. The van der Waals surface area contributed by atoms with Gasteiger partial charge >= 0.3 is 0 Å². The molecule has 0 saturated carbocycles. The Bertz CT molecular complexity index is 557. The molecular formula is C11H15FN2O3S. The maximum absolute atomic E-state index is 13.3. The van der Waals surface area contributed by atoms with Gasteiger partial charge in [0.05, 0.1) is 4.90 Å². The molecule has 0 aromatic heterocycles. The molecule has 0 aliphatic rings. The first-order chi connectivity index (χ1) is 8.25. The summed E-state index contributed by atoms with van der Waals surface area (Å²) in [6.07, 6.45) is 0.750. The molecule has 0 fully saturated rings. The third-order valence-corrected chi connectivity index (χ3v) is 3.25. The van der Waals surface area contributed by atoms with E-state index in [0.717, 1.165) is 24.6 Å². The molecule has 1 aromatic rings. The molecule has 0 aliphatic carbocycles. The molecule has 0 unspecified atom stereocenters. The summed E-state index contributed by atoms with van der Waals surface area (Å²) in [7, 11) is -2.47. The molecular weight excluding hydrogens is 259 g/mol. The Balaban J connectivity index is 3.19. The summed E-state index contributed by atoms with van der Waals surface area (Å²) >= 11 is 0. The molecule has 1 rings (SSSR count). The smallest absolute Gasteiger partial charge is 0.253 e. The van der Waals surface area contributed by atoms with E-state index >= 15 is 0 Å². The van der Waals surface area contributed by atoms with E-state index in [9.17, 15) is 17.6 Å². The Morgan fingerprint density at radius 2 is 2.00 bits per heavy atom. The fourth-order valence-electron chi connectivity index (χ4n) is 1.51. The third-order valence-electron chi connectivity index (χ3n) is 2.35. The first kappa shape index (κ1) is 14.6. The van der Waals surface area contributed by atoms with E-state index in [1.807, 2.05) is 6.92 Å². The van der Waals surface area contributed by atoms with Crippen LogP contribution in [0.2, 0.25) is 0 Å². The molecule has 0 spiro atoms. The maximum atomic E-state index is 13.3. The molecule has 7 heteroatoms. The second-order valence-corrected chi connectivity index (χ2v) is 5.51. The number of halogens is 1. The SMILES string of the molecule is CCCN(C)C(=O)c1cc(F)cc(S(N)(=O)=O)c1. The summed E-state index contributed by atoms with van der Waals surface area (Å²) in [5.74, 6) is -1.25. The number of amides is 1. The van der Waals surface area contributed by atoms with E-state index in [4.69, 9.17) is 5.14 Å². The van der Waals surface area contributed by atoms with E-state index in [-0.39, 0.29) is 5.56 Å². The second-order valence-electron chi connectivity index (χ2n) is 3.95. The highest BCUT2D eigenvalue weighted by Gasteiger charge is 2.17. The number of hydrogen-bond donors (Lipinski definition) is 1. The summed E-state index contributed by atoms with van der Waals surface area (Å²) in [4.78, 5) is 12.9. The monoisotopic (exact) mass is 274 g/mol. The molecule has 100 valence electrons. The van der Waals surface area contributed by atoms with Crippen LogP contribution in [0.3, 0.4) is 0 Å². The number of nitrogens with two attached hydrogens (primary N) is 1. The van der Waals surface area contributed by atoms with Crippen molar-refractivity contribution < 1.29 is 17.6 Å². The van der Waals surface area contributed by atoms with E-state index in [2.05, 4.69) is 0 Å². The van der Waals surface area contributed by atoms with E-state index < -0.39 is 26.6 Å². The van der Waals surface area contributed by atoms with Gasteiger partial charge in [-0.2, -0.15) is 0 Å². The summed E-state index contributed by atoms with van der Waals surface area (Å²) in [6.45, 7) is 2.39. The fraction of sp³-hybridized carbons (Fsp3) is 0.364. The van der Waals surface area contributed by atoms with Crippen LogP contribution in [0.4, 0.5) is 4.39 Å². The molecule has 0 aliphatic heterocycles. The number of sulfonamides is 1. The largest absolute Gasteiger partial charge is 0.342 e. The molecule has 0 atom stereocenters. The molecule has 0 heterocycles. The van der Waals surface area contributed by atoms with Crippen LogP contribution in [0.25, 0.3) is 0 Å². The van der Waals surface area contributed by atoms with Crippen molar-refractivity contribution in [3.8, 4) is 0 Å². The van der Waals surface area contributed by atoms with Crippen LogP contribution in [-0.4, -0.2) is 32.8 Å². The lowest BCUT2D eigenvalue weighted by Crippen LogP contribution is -2.27.